The van der Waals surface area contributed by atoms with E-state index in [2.05, 4.69) is 99.3 Å². The first kappa shape index (κ1) is 74.0. The normalized spacial score (nSPS) is 12.1. The Morgan fingerprint density at radius 1 is 0.372 bits per heavy atom. The molecule has 0 aliphatic heterocycles. The fourth-order valence-electron chi connectivity index (χ4n) is 8.69. The van der Waals surface area contributed by atoms with Crippen molar-refractivity contribution in [1.82, 2.24) is 9.80 Å². The van der Waals surface area contributed by atoms with E-state index >= 15 is 0 Å². The third-order valence-corrected chi connectivity index (χ3v) is 13.8. The van der Waals surface area contributed by atoms with Gasteiger partial charge in [-0.2, -0.15) is 0 Å². The summed E-state index contributed by atoms with van der Waals surface area (Å²) in [6, 6.07) is 0. The molecule has 0 amide bonds. The summed E-state index contributed by atoms with van der Waals surface area (Å²) in [6.45, 7) is 19.1. The van der Waals surface area contributed by atoms with Crippen molar-refractivity contribution < 1.29 is 47.6 Å². The second-order valence-corrected chi connectivity index (χ2v) is 20.8. The maximum absolute atomic E-state index is 12.7. The van der Waals surface area contributed by atoms with Crippen LogP contribution in [0.25, 0.3) is 0 Å². The van der Waals surface area contributed by atoms with Gasteiger partial charge in [-0.1, -0.05) is 180 Å². The lowest BCUT2D eigenvalue weighted by Gasteiger charge is -2.25. The second kappa shape index (κ2) is 59.1. The van der Waals surface area contributed by atoms with Gasteiger partial charge in [-0.25, -0.2) is 9.59 Å². The summed E-state index contributed by atoms with van der Waals surface area (Å²) in [5.74, 6) is 12.0. The molecular weight excluding hydrogens is 981 g/mol. The van der Waals surface area contributed by atoms with E-state index < -0.39 is 12.3 Å². The van der Waals surface area contributed by atoms with Crippen LogP contribution in [0.4, 0.5) is 9.59 Å². The molecule has 0 aliphatic carbocycles. The number of allylic oxidation sites excluding steroid dienone is 2. The van der Waals surface area contributed by atoms with E-state index in [1.54, 1.807) is 0 Å². The van der Waals surface area contributed by atoms with Crippen molar-refractivity contribution in [2.45, 2.75) is 285 Å². The molecule has 0 rings (SSSR count). The molecule has 2 unspecified atom stereocenters. The molecule has 0 N–H and O–H groups in total. The van der Waals surface area contributed by atoms with Crippen LogP contribution in [0.1, 0.15) is 273 Å². The number of unbranched alkanes of at least 4 members (excludes halogenated alkanes) is 22. The molecule has 0 aromatic heterocycles. The number of hydrogen-bond acceptors (Lipinski definition) is 12. The number of esters is 2. The molecule has 0 bridgehead atoms. The van der Waals surface area contributed by atoms with Crippen molar-refractivity contribution in [3.8, 4) is 23.7 Å². The molecule has 12 heteroatoms. The van der Waals surface area contributed by atoms with Crippen molar-refractivity contribution in [2.75, 3.05) is 65.7 Å². The first-order chi connectivity index (χ1) is 38.2. The lowest BCUT2D eigenvalue weighted by Crippen LogP contribution is -2.37. The summed E-state index contributed by atoms with van der Waals surface area (Å²) in [4.78, 5) is 54.7. The maximum Gasteiger partial charge on any atom is 0.508 e. The molecule has 0 saturated heterocycles. The average Bonchev–Trinajstić information content (AvgIpc) is 3.43. The Labute approximate surface area is 478 Å². The van der Waals surface area contributed by atoms with Gasteiger partial charge < -0.3 is 38.2 Å². The van der Waals surface area contributed by atoms with Crippen LogP contribution >= 0.6 is 0 Å². The fourth-order valence-corrected chi connectivity index (χ4v) is 8.69. The van der Waals surface area contributed by atoms with Crippen LogP contribution in [0.5, 0.6) is 0 Å². The number of nitrogens with zero attached hydrogens (tertiary/aromatic N) is 2. The number of carbonyl (C=O) groups is 4. The predicted molar refractivity (Wildman–Crippen MR) is 321 cm³/mol. The minimum Gasteiger partial charge on any atom is -0.466 e. The Morgan fingerprint density at radius 3 is 1.15 bits per heavy atom. The Kier molecular flexibility index (Phi) is 56.1. The fraction of sp³-hybridized carbons (Fsp3) is 0.818. The van der Waals surface area contributed by atoms with E-state index in [1.807, 2.05) is 0 Å². The van der Waals surface area contributed by atoms with E-state index in [9.17, 15) is 19.2 Å². The van der Waals surface area contributed by atoms with Gasteiger partial charge in [-0.3, -0.25) is 9.59 Å². The highest BCUT2D eigenvalue weighted by Crippen LogP contribution is 2.17. The monoisotopic (exact) mass is 1100 g/mol. The van der Waals surface area contributed by atoms with Crippen molar-refractivity contribution in [3.05, 3.63) is 24.3 Å². The maximum atomic E-state index is 12.7. The summed E-state index contributed by atoms with van der Waals surface area (Å²) in [5, 5.41) is 0. The summed E-state index contributed by atoms with van der Waals surface area (Å²) in [7, 11) is 0. The molecule has 0 radical (unpaired) electrons. The molecule has 0 fully saturated rings. The van der Waals surface area contributed by atoms with Crippen molar-refractivity contribution in [2.24, 2.45) is 0 Å². The standard InChI is InChI=1S/C66H116N2O10/c1-7-13-17-21-35-45-59-75-65(71)77-61(47-39-19-15-9-3)49-41-33-29-25-23-27-31-37-43-57-73-63(69)51-53-68(56-55-67(11-5)12-6)54-52-64(70)74-58-44-38-32-28-24-26-30-34-42-50-62(48-40-20-16-10-4)78-66(72)76-60-46-36-22-18-14-8-2/h33-34,41-42,61-62H,7-20,23-32,37-40,43-60H2,1-6H3/b41-33-,42-34-. The molecule has 0 heterocycles. The van der Waals surface area contributed by atoms with Gasteiger partial charge in [0.05, 0.1) is 26.1 Å². The average molecular weight is 1100 g/mol. The van der Waals surface area contributed by atoms with E-state index in [0.717, 1.165) is 193 Å². The minimum atomic E-state index is -0.588. The molecule has 0 spiro atoms. The molecular formula is C66H116N2O10. The van der Waals surface area contributed by atoms with E-state index in [0.29, 0.717) is 64.8 Å². The summed E-state index contributed by atoms with van der Waals surface area (Å²) in [6.07, 6.45) is 42.3. The lowest BCUT2D eigenvalue weighted by atomic mass is 10.1. The third kappa shape index (κ3) is 52.7. The van der Waals surface area contributed by atoms with E-state index in [4.69, 9.17) is 28.4 Å². The number of ether oxygens (including phenoxy) is 6. The number of likely N-dealkylation sites (N-methyl/N-ethyl adjacent to an activating group) is 1. The summed E-state index contributed by atoms with van der Waals surface area (Å²) in [5.41, 5.74) is 0. The van der Waals surface area contributed by atoms with Gasteiger partial charge in [0.2, 0.25) is 0 Å². The molecule has 78 heavy (non-hydrogen) atoms. The van der Waals surface area contributed by atoms with Gasteiger partial charge in [0, 0.05) is 64.7 Å². The Hall–Kier alpha value is -4.00. The van der Waals surface area contributed by atoms with Crippen LogP contribution < -0.4 is 0 Å². The van der Waals surface area contributed by atoms with Gasteiger partial charge in [0.15, 0.2) is 0 Å². The van der Waals surface area contributed by atoms with Gasteiger partial charge >= 0.3 is 24.2 Å². The zero-order valence-corrected chi connectivity index (χ0v) is 51.0. The van der Waals surface area contributed by atoms with Crippen LogP contribution in [0, 0.1) is 23.7 Å². The van der Waals surface area contributed by atoms with Crippen LogP contribution in [0.15, 0.2) is 24.3 Å². The second-order valence-electron chi connectivity index (χ2n) is 20.8. The number of hydrogen-bond donors (Lipinski definition) is 0. The largest absolute Gasteiger partial charge is 0.508 e. The molecule has 12 nitrogen and oxygen atoms in total. The van der Waals surface area contributed by atoms with Crippen LogP contribution in [-0.2, 0) is 38.0 Å². The molecule has 0 aromatic carbocycles. The first-order valence-corrected chi connectivity index (χ1v) is 31.9. The molecule has 0 aliphatic rings. The molecule has 0 aromatic rings. The Morgan fingerprint density at radius 2 is 0.744 bits per heavy atom. The quantitative estimate of drug-likeness (QED) is 0.0189. The summed E-state index contributed by atoms with van der Waals surface area (Å²) >= 11 is 0. The van der Waals surface area contributed by atoms with Gasteiger partial charge in [0.1, 0.15) is 25.4 Å². The first-order valence-electron chi connectivity index (χ1n) is 31.9. The number of rotatable bonds is 53. The van der Waals surface area contributed by atoms with Crippen molar-refractivity contribution >= 4 is 24.2 Å². The summed E-state index contributed by atoms with van der Waals surface area (Å²) < 4.78 is 33.2. The van der Waals surface area contributed by atoms with E-state index in [-0.39, 0.29) is 37.4 Å². The Bertz CT molecular complexity index is 1480. The smallest absolute Gasteiger partial charge is 0.466 e. The van der Waals surface area contributed by atoms with Crippen LogP contribution in [0.2, 0.25) is 0 Å². The highest BCUT2D eigenvalue weighted by molar-refractivity contribution is 5.70. The van der Waals surface area contributed by atoms with Crippen molar-refractivity contribution in [1.29, 1.82) is 0 Å². The minimum absolute atomic E-state index is 0.159. The van der Waals surface area contributed by atoms with E-state index in [1.165, 1.54) is 25.7 Å². The number of carbonyl (C=O) groups excluding carboxylic acids is 4. The van der Waals surface area contributed by atoms with Gasteiger partial charge in [-0.05, 0) is 90.1 Å². The molecule has 2 atom stereocenters. The zero-order chi connectivity index (χ0) is 57.0. The Balaban J connectivity index is 4.36. The van der Waals surface area contributed by atoms with Crippen molar-refractivity contribution in [3.63, 3.8) is 0 Å². The highest BCUT2D eigenvalue weighted by atomic mass is 16.7. The highest BCUT2D eigenvalue weighted by Gasteiger charge is 2.17. The molecule has 450 valence electrons. The SMILES string of the molecule is CCCCC#CCCOC(=O)OC(C/C=C\CCCCCCCCOC(=O)CCN(CCC(=O)OCCCCCCCC/C=C\CC(CCCCCC)OC(=O)OCCC#CCCCC)CCN(CC)CC)CCCCCC. The lowest BCUT2D eigenvalue weighted by molar-refractivity contribution is -0.144. The molecule has 0 saturated carbocycles. The van der Waals surface area contributed by atoms with Gasteiger partial charge in [0.25, 0.3) is 0 Å². The zero-order valence-electron chi connectivity index (χ0n) is 51.0. The topological polar surface area (TPSA) is 130 Å². The predicted octanol–water partition coefficient (Wildman–Crippen LogP) is 17.0. The third-order valence-electron chi connectivity index (χ3n) is 13.8. The van der Waals surface area contributed by atoms with Crippen LogP contribution in [-0.4, -0.2) is 112 Å². The van der Waals surface area contributed by atoms with Gasteiger partial charge in [-0.15, -0.1) is 11.8 Å². The van der Waals surface area contributed by atoms with Crippen LogP contribution in [0.3, 0.4) is 0 Å².